The maximum atomic E-state index is 12.6. The molecule has 1 nitrogen and oxygen atoms in total. The van der Waals surface area contributed by atoms with Crippen molar-refractivity contribution in [2.24, 2.45) is 0 Å². The third kappa shape index (κ3) is 2.06. The van der Waals surface area contributed by atoms with Crippen molar-refractivity contribution in [2.75, 3.05) is 0 Å². The maximum absolute atomic E-state index is 12.6. The predicted octanol–water partition coefficient (Wildman–Crippen LogP) is 2.99. The van der Waals surface area contributed by atoms with E-state index in [1.807, 2.05) is 0 Å². The van der Waals surface area contributed by atoms with Crippen molar-refractivity contribution in [2.45, 2.75) is 25.4 Å². The summed E-state index contributed by atoms with van der Waals surface area (Å²) >= 11 is 0.877. The second-order valence-corrected chi connectivity index (χ2v) is 4.15. The van der Waals surface area contributed by atoms with Crippen LogP contribution in [-0.4, -0.2) is 17.5 Å². The van der Waals surface area contributed by atoms with Crippen molar-refractivity contribution in [1.82, 2.24) is 0 Å². The molecule has 80 valence electrons. The van der Waals surface area contributed by atoms with Crippen molar-refractivity contribution < 1.29 is 22.7 Å². The second-order valence-electron chi connectivity index (χ2n) is 2.83. The van der Waals surface area contributed by atoms with Gasteiger partial charge in [-0.3, -0.25) is 0 Å². The molecule has 0 aliphatic heterocycles. The summed E-state index contributed by atoms with van der Waals surface area (Å²) < 4.78 is 49.0. The topological polar surface area (TPSA) is 20.2 Å². The Bertz CT molecular complexity index is 310. The van der Waals surface area contributed by atoms with Gasteiger partial charge in [-0.15, -0.1) is 11.3 Å². The summed E-state index contributed by atoms with van der Waals surface area (Å²) in [6.07, 6.45) is -6.29. The Morgan fingerprint density at radius 1 is 1.36 bits per heavy atom. The van der Waals surface area contributed by atoms with Crippen LogP contribution in [0.5, 0.6) is 0 Å². The van der Waals surface area contributed by atoms with Gasteiger partial charge in [-0.1, -0.05) is 0 Å². The van der Waals surface area contributed by atoms with Gasteiger partial charge in [-0.05, 0) is 19.1 Å². The van der Waals surface area contributed by atoms with E-state index in [2.05, 4.69) is 0 Å². The molecule has 0 spiro atoms. The van der Waals surface area contributed by atoms with Crippen LogP contribution in [0.15, 0.2) is 12.1 Å². The van der Waals surface area contributed by atoms with Gasteiger partial charge in [-0.25, -0.2) is 8.78 Å². The summed E-state index contributed by atoms with van der Waals surface area (Å²) in [5, 5.41) is 9.01. The number of aliphatic hydroxyl groups is 1. The van der Waals surface area contributed by atoms with Crippen LogP contribution in [0.1, 0.15) is 15.9 Å². The first-order valence-corrected chi connectivity index (χ1v) is 4.57. The number of halogens is 4. The summed E-state index contributed by atoms with van der Waals surface area (Å²) in [7, 11) is 0. The van der Waals surface area contributed by atoms with Crippen molar-refractivity contribution >= 4 is 11.3 Å². The first-order valence-electron chi connectivity index (χ1n) is 3.76. The van der Waals surface area contributed by atoms with E-state index in [0.717, 1.165) is 11.3 Å². The summed E-state index contributed by atoms with van der Waals surface area (Å²) in [6.45, 7) is 1.64. The highest BCUT2D eigenvalue weighted by atomic mass is 32.1. The third-order valence-corrected chi connectivity index (χ3v) is 2.74. The van der Waals surface area contributed by atoms with Gasteiger partial charge in [0.2, 0.25) is 0 Å². The van der Waals surface area contributed by atoms with Gasteiger partial charge in [0, 0.05) is 9.75 Å². The number of rotatable bonds is 3. The van der Waals surface area contributed by atoms with Gasteiger partial charge >= 0.3 is 12.3 Å². The Labute approximate surface area is 82.0 Å². The summed E-state index contributed by atoms with van der Waals surface area (Å²) in [5.41, 5.74) is 0. The minimum absolute atomic E-state index is 0.146. The minimum Gasteiger partial charge on any atom is -0.381 e. The molecule has 0 saturated carbocycles. The Morgan fingerprint density at radius 2 is 1.93 bits per heavy atom. The van der Waals surface area contributed by atoms with E-state index < -0.39 is 18.5 Å². The van der Waals surface area contributed by atoms with Crippen LogP contribution in [0.25, 0.3) is 0 Å². The monoisotopic (exact) mass is 228 g/mol. The highest BCUT2D eigenvalue weighted by Crippen LogP contribution is 2.38. The molecule has 1 rings (SSSR count). The van der Waals surface area contributed by atoms with E-state index in [1.165, 1.54) is 12.1 Å². The molecule has 0 aliphatic rings. The molecule has 0 saturated heterocycles. The average molecular weight is 228 g/mol. The molecule has 0 bridgehead atoms. The molecular weight excluding hydrogens is 220 g/mol. The Balaban J connectivity index is 2.89. The summed E-state index contributed by atoms with van der Waals surface area (Å²) in [5.74, 6) is -4.39. The number of aliphatic hydroxyl groups excluding tert-OH is 1. The molecule has 1 atom stereocenters. The van der Waals surface area contributed by atoms with Crippen LogP contribution in [-0.2, 0) is 0 Å². The molecule has 1 aromatic heterocycles. The van der Waals surface area contributed by atoms with Gasteiger partial charge in [0.05, 0.1) is 0 Å². The molecule has 1 N–H and O–H groups in total. The zero-order chi connectivity index (χ0) is 10.9. The SMILES string of the molecule is Cc1ccc(C(O)C(F)(F)C(F)F)s1. The fraction of sp³-hybridized carbons (Fsp3) is 0.500. The Hall–Kier alpha value is -0.620. The van der Waals surface area contributed by atoms with E-state index in [9.17, 15) is 17.6 Å². The molecular formula is C8H8F4OS. The molecule has 1 aromatic rings. The van der Waals surface area contributed by atoms with E-state index in [1.54, 1.807) is 6.92 Å². The van der Waals surface area contributed by atoms with E-state index in [-0.39, 0.29) is 4.88 Å². The second kappa shape index (κ2) is 3.86. The number of hydrogen-bond acceptors (Lipinski definition) is 2. The Kier molecular flexibility index (Phi) is 3.16. The van der Waals surface area contributed by atoms with Gasteiger partial charge in [0.25, 0.3) is 0 Å². The van der Waals surface area contributed by atoms with Gasteiger partial charge in [0.15, 0.2) is 6.10 Å². The van der Waals surface area contributed by atoms with Crippen LogP contribution < -0.4 is 0 Å². The standard InChI is InChI=1S/C8H8F4OS/c1-4-2-3-5(14-4)6(13)8(11,12)7(9)10/h2-3,6-7,13H,1H3. The van der Waals surface area contributed by atoms with Gasteiger partial charge in [0.1, 0.15) is 0 Å². The first-order chi connectivity index (χ1) is 6.35. The van der Waals surface area contributed by atoms with Crippen LogP contribution in [0.3, 0.4) is 0 Å². The average Bonchev–Trinajstić information content (AvgIpc) is 2.50. The zero-order valence-corrected chi connectivity index (χ0v) is 7.99. The lowest BCUT2D eigenvalue weighted by atomic mass is 10.1. The van der Waals surface area contributed by atoms with Gasteiger partial charge < -0.3 is 5.11 Å². The zero-order valence-electron chi connectivity index (χ0n) is 7.18. The third-order valence-electron chi connectivity index (χ3n) is 1.69. The smallest absolute Gasteiger partial charge is 0.337 e. The lowest BCUT2D eigenvalue weighted by Crippen LogP contribution is -2.33. The number of thiophene rings is 1. The van der Waals surface area contributed by atoms with E-state index >= 15 is 0 Å². The van der Waals surface area contributed by atoms with Crippen molar-refractivity contribution in [1.29, 1.82) is 0 Å². The van der Waals surface area contributed by atoms with Gasteiger partial charge in [-0.2, -0.15) is 8.78 Å². The molecule has 1 heterocycles. The molecule has 0 aliphatic carbocycles. The minimum atomic E-state index is -4.39. The van der Waals surface area contributed by atoms with Crippen molar-refractivity contribution in [3.05, 3.63) is 21.9 Å². The fourth-order valence-electron chi connectivity index (χ4n) is 0.909. The lowest BCUT2D eigenvalue weighted by Gasteiger charge is -2.20. The molecule has 0 fully saturated rings. The van der Waals surface area contributed by atoms with Crippen LogP contribution in [0.4, 0.5) is 17.6 Å². The molecule has 1 unspecified atom stereocenters. The summed E-state index contributed by atoms with van der Waals surface area (Å²) in [6, 6.07) is 2.71. The van der Waals surface area contributed by atoms with E-state index in [4.69, 9.17) is 5.11 Å². The molecule has 6 heteroatoms. The number of aryl methyl sites for hydroxylation is 1. The fourth-order valence-corrected chi connectivity index (χ4v) is 1.82. The van der Waals surface area contributed by atoms with Crippen molar-refractivity contribution in [3.8, 4) is 0 Å². The first kappa shape index (κ1) is 11.5. The Morgan fingerprint density at radius 3 is 2.29 bits per heavy atom. The number of alkyl halides is 4. The van der Waals surface area contributed by atoms with Crippen LogP contribution in [0.2, 0.25) is 0 Å². The van der Waals surface area contributed by atoms with Crippen LogP contribution in [0, 0.1) is 6.92 Å². The highest BCUT2D eigenvalue weighted by Gasteiger charge is 2.49. The molecule has 0 radical (unpaired) electrons. The normalized spacial score (nSPS) is 14.8. The quantitative estimate of drug-likeness (QED) is 0.788. The highest BCUT2D eigenvalue weighted by molar-refractivity contribution is 7.12. The molecule has 0 amide bonds. The largest absolute Gasteiger partial charge is 0.381 e. The van der Waals surface area contributed by atoms with Crippen LogP contribution >= 0.6 is 11.3 Å². The van der Waals surface area contributed by atoms with E-state index in [0.29, 0.717) is 4.88 Å². The maximum Gasteiger partial charge on any atom is 0.337 e. The predicted molar refractivity (Wildman–Crippen MR) is 45.0 cm³/mol. The lowest BCUT2D eigenvalue weighted by molar-refractivity contribution is -0.192. The molecule has 0 aromatic carbocycles. The molecule has 14 heavy (non-hydrogen) atoms. The van der Waals surface area contributed by atoms with Crippen molar-refractivity contribution in [3.63, 3.8) is 0 Å². The number of hydrogen-bond donors (Lipinski definition) is 1. The summed E-state index contributed by atoms with van der Waals surface area (Å²) in [4.78, 5) is 0.539.